The fraction of sp³-hybridized carbons (Fsp3) is 0.455. The standard InChI is InChI=1S/C12H13N3O2.C10H15O4P/c16-9-7-8(13-1-2-13)12(17)11(15-5-6-15)10(9)14-3-4-14;1-10(2,3)8-4-6-9(7-5-8)14-15(11,12)13/h7H,1-6H2;4-7H,1-3H3,(H2,11,12,13). The molecule has 3 fully saturated rings. The van der Waals surface area contributed by atoms with Crippen LogP contribution in [0.25, 0.3) is 0 Å². The summed E-state index contributed by atoms with van der Waals surface area (Å²) in [6.07, 6.45) is 1.52. The van der Waals surface area contributed by atoms with Gasteiger partial charge in [-0.25, -0.2) is 4.57 Å². The number of ketones is 2. The number of carbonyl (C=O) groups is 2. The number of nitrogens with zero attached hydrogens (tertiary/aromatic N) is 3. The van der Waals surface area contributed by atoms with Gasteiger partial charge in [0, 0.05) is 45.3 Å². The van der Waals surface area contributed by atoms with Crippen molar-refractivity contribution in [2.75, 3.05) is 39.3 Å². The molecule has 1 aliphatic carbocycles. The topological polar surface area (TPSA) is 110 Å². The van der Waals surface area contributed by atoms with Crippen molar-refractivity contribution in [1.82, 2.24) is 14.7 Å². The number of hydrogen-bond donors (Lipinski definition) is 2. The van der Waals surface area contributed by atoms with Crippen molar-refractivity contribution in [2.24, 2.45) is 0 Å². The number of allylic oxidation sites excluding steroid dienone is 1. The summed E-state index contributed by atoms with van der Waals surface area (Å²) in [5.74, 6) is 0.226. The van der Waals surface area contributed by atoms with Crippen LogP contribution >= 0.6 is 7.82 Å². The Bertz CT molecular complexity index is 1040. The van der Waals surface area contributed by atoms with Crippen LogP contribution in [0.15, 0.2) is 47.4 Å². The number of Topliss-reactive ketones (excluding diaryl/α,β-unsaturated/α-hetero) is 1. The molecule has 1 aromatic rings. The monoisotopic (exact) mass is 461 g/mol. The van der Waals surface area contributed by atoms with Crippen LogP contribution in [0.2, 0.25) is 0 Å². The third kappa shape index (κ3) is 5.41. The zero-order chi connectivity index (χ0) is 23.3. The molecule has 32 heavy (non-hydrogen) atoms. The van der Waals surface area contributed by atoms with Crippen molar-refractivity contribution < 1.29 is 28.5 Å². The van der Waals surface area contributed by atoms with E-state index in [0.29, 0.717) is 17.1 Å². The van der Waals surface area contributed by atoms with Crippen LogP contribution in [0.3, 0.4) is 0 Å². The molecule has 2 N–H and O–H groups in total. The smallest absolute Gasteiger partial charge is 0.404 e. The van der Waals surface area contributed by atoms with Crippen molar-refractivity contribution >= 4 is 19.4 Å². The molecule has 0 amide bonds. The van der Waals surface area contributed by atoms with Gasteiger partial charge in [0.1, 0.15) is 17.1 Å². The highest BCUT2D eigenvalue weighted by Gasteiger charge is 2.43. The van der Waals surface area contributed by atoms with Crippen LogP contribution < -0.4 is 4.52 Å². The summed E-state index contributed by atoms with van der Waals surface area (Å²) in [4.78, 5) is 47.6. The van der Waals surface area contributed by atoms with Crippen molar-refractivity contribution in [2.45, 2.75) is 26.2 Å². The Balaban J connectivity index is 0.000000155. The Kier molecular flexibility index (Phi) is 5.69. The second-order valence-corrected chi connectivity index (χ2v) is 10.4. The zero-order valence-electron chi connectivity index (χ0n) is 18.4. The molecule has 0 atom stereocenters. The first-order valence-corrected chi connectivity index (χ1v) is 12.1. The summed E-state index contributed by atoms with van der Waals surface area (Å²) in [5, 5.41) is 0. The number of benzene rings is 1. The second kappa shape index (κ2) is 8.06. The first-order valence-electron chi connectivity index (χ1n) is 10.6. The molecular weight excluding hydrogens is 433 g/mol. The van der Waals surface area contributed by atoms with Gasteiger partial charge in [0.2, 0.25) is 11.6 Å². The first-order chi connectivity index (χ1) is 14.9. The van der Waals surface area contributed by atoms with E-state index in [0.717, 1.165) is 44.8 Å². The number of phosphoric acid groups is 1. The third-order valence-corrected chi connectivity index (χ3v) is 5.88. The molecular formula is C22H28N3O6P. The summed E-state index contributed by atoms with van der Waals surface area (Å²) < 4.78 is 15.0. The van der Waals surface area contributed by atoms with E-state index < -0.39 is 7.82 Å². The molecule has 10 heteroatoms. The van der Waals surface area contributed by atoms with E-state index in [9.17, 15) is 14.2 Å². The van der Waals surface area contributed by atoms with E-state index in [1.807, 2.05) is 14.7 Å². The van der Waals surface area contributed by atoms with Gasteiger partial charge in [0.05, 0.1) is 5.70 Å². The van der Waals surface area contributed by atoms with Gasteiger partial charge in [0.15, 0.2) is 0 Å². The summed E-state index contributed by atoms with van der Waals surface area (Å²) in [7, 11) is -4.44. The van der Waals surface area contributed by atoms with Gasteiger partial charge >= 0.3 is 7.82 Å². The number of carbonyl (C=O) groups excluding carboxylic acids is 2. The van der Waals surface area contributed by atoms with Gasteiger partial charge in [-0.15, -0.1) is 0 Å². The highest BCUT2D eigenvalue weighted by molar-refractivity contribution is 7.46. The van der Waals surface area contributed by atoms with Crippen molar-refractivity contribution in [3.8, 4) is 5.75 Å². The van der Waals surface area contributed by atoms with Gasteiger partial charge < -0.3 is 19.2 Å². The van der Waals surface area contributed by atoms with Crippen molar-refractivity contribution in [3.63, 3.8) is 0 Å². The molecule has 4 aliphatic rings. The van der Waals surface area contributed by atoms with Crippen LogP contribution in [0.1, 0.15) is 26.3 Å². The predicted octanol–water partition coefficient (Wildman–Crippen LogP) is 1.64. The minimum atomic E-state index is -4.44. The maximum atomic E-state index is 12.4. The third-order valence-electron chi connectivity index (χ3n) is 5.43. The largest absolute Gasteiger partial charge is 0.524 e. The number of hydrogen-bond acceptors (Lipinski definition) is 7. The Morgan fingerprint density at radius 3 is 1.78 bits per heavy atom. The highest BCUT2D eigenvalue weighted by atomic mass is 31.2. The number of phosphoric ester groups is 1. The molecule has 3 heterocycles. The Morgan fingerprint density at radius 1 is 0.844 bits per heavy atom. The molecule has 0 radical (unpaired) electrons. The molecule has 3 saturated heterocycles. The summed E-state index contributed by atoms with van der Waals surface area (Å²) in [6, 6.07) is 6.70. The molecule has 0 bridgehead atoms. The van der Waals surface area contributed by atoms with Crippen LogP contribution in [0.4, 0.5) is 0 Å². The lowest BCUT2D eigenvalue weighted by Gasteiger charge is -2.21. The van der Waals surface area contributed by atoms with E-state index in [-0.39, 0.29) is 22.7 Å². The Hall–Kier alpha value is -2.61. The fourth-order valence-corrected chi connectivity index (χ4v) is 3.83. The van der Waals surface area contributed by atoms with E-state index in [1.165, 1.54) is 6.08 Å². The predicted molar refractivity (Wildman–Crippen MR) is 118 cm³/mol. The number of rotatable bonds is 5. The van der Waals surface area contributed by atoms with Crippen LogP contribution in [-0.2, 0) is 19.6 Å². The van der Waals surface area contributed by atoms with Crippen molar-refractivity contribution in [3.05, 3.63) is 53.0 Å². The maximum Gasteiger partial charge on any atom is 0.524 e. The van der Waals surface area contributed by atoms with E-state index in [4.69, 9.17) is 9.79 Å². The lowest BCUT2D eigenvalue weighted by Crippen LogP contribution is -2.29. The highest BCUT2D eigenvalue weighted by Crippen LogP contribution is 2.38. The molecule has 5 rings (SSSR count). The molecule has 1 aromatic carbocycles. The van der Waals surface area contributed by atoms with E-state index >= 15 is 0 Å². The SMILES string of the molecule is CC(C)(C)c1ccc(OP(=O)(O)O)cc1.O=C1C=C(N2CC2)C(=O)C(N2CC2)=C1N1CC1. The lowest BCUT2D eigenvalue weighted by molar-refractivity contribution is -0.117. The quantitative estimate of drug-likeness (QED) is 0.384. The maximum absolute atomic E-state index is 12.4. The van der Waals surface area contributed by atoms with Gasteiger partial charge in [-0.2, -0.15) is 0 Å². The van der Waals surface area contributed by atoms with E-state index in [2.05, 4.69) is 25.3 Å². The van der Waals surface area contributed by atoms with Crippen molar-refractivity contribution in [1.29, 1.82) is 0 Å². The molecule has 0 spiro atoms. The zero-order valence-corrected chi connectivity index (χ0v) is 19.3. The van der Waals surface area contributed by atoms with Gasteiger partial charge in [-0.1, -0.05) is 32.9 Å². The minimum Gasteiger partial charge on any atom is -0.404 e. The summed E-state index contributed by atoms with van der Waals surface area (Å²) in [5.41, 5.74) is 2.98. The Morgan fingerprint density at radius 2 is 1.34 bits per heavy atom. The van der Waals surface area contributed by atoms with Crippen LogP contribution in [0.5, 0.6) is 5.75 Å². The average Bonchev–Trinajstić information content (AvgIpc) is 3.53. The second-order valence-electron chi connectivity index (χ2n) is 9.24. The molecule has 3 aliphatic heterocycles. The summed E-state index contributed by atoms with van der Waals surface area (Å²) >= 11 is 0. The Labute approximate surface area is 187 Å². The van der Waals surface area contributed by atoms with Crippen LogP contribution in [0, 0.1) is 0 Å². The fourth-order valence-electron chi connectivity index (χ4n) is 3.43. The minimum absolute atomic E-state index is 0.00546. The van der Waals surface area contributed by atoms with E-state index in [1.54, 1.807) is 24.3 Å². The molecule has 0 saturated carbocycles. The normalized spacial score (nSPS) is 20.0. The van der Waals surface area contributed by atoms with Gasteiger partial charge in [-0.05, 0) is 23.1 Å². The lowest BCUT2D eigenvalue weighted by atomic mass is 9.87. The first kappa shape index (κ1) is 22.6. The van der Waals surface area contributed by atoms with Gasteiger partial charge in [-0.3, -0.25) is 19.4 Å². The van der Waals surface area contributed by atoms with Gasteiger partial charge in [0.25, 0.3) is 0 Å². The molecule has 0 aromatic heterocycles. The molecule has 172 valence electrons. The summed E-state index contributed by atoms with van der Waals surface area (Å²) in [6.45, 7) is 11.6. The molecule has 0 unspecified atom stereocenters. The average molecular weight is 461 g/mol. The van der Waals surface area contributed by atoms with Crippen LogP contribution in [-0.4, -0.2) is 75.3 Å². The molecule has 9 nitrogen and oxygen atoms in total.